The van der Waals surface area contributed by atoms with Crippen LogP contribution in [0.4, 0.5) is 10.1 Å². The van der Waals surface area contributed by atoms with Crippen molar-refractivity contribution in [2.24, 2.45) is 0 Å². The zero-order valence-electron chi connectivity index (χ0n) is 7.18. The van der Waals surface area contributed by atoms with E-state index in [2.05, 4.69) is 0 Å². The molecule has 0 atom stereocenters. The Morgan fingerprint density at radius 2 is 2.07 bits per heavy atom. The lowest BCUT2D eigenvalue weighted by Crippen LogP contribution is -2.03. The van der Waals surface area contributed by atoms with Gasteiger partial charge in [-0.1, -0.05) is 11.6 Å². The summed E-state index contributed by atoms with van der Waals surface area (Å²) in [5.74, 6) is 0. The number of sulfone groups is 1. The highest BCUT2D eigenvalue weighted by Crippen LogP contribution is 2.27. The Labute approximate surface area is 89.5 Å². The fourth-order valence-corrected chi connectivity index (χ4v) is 1.77. The number of rotatable bonds is 3. The second kappa shape index (κ2) is 4.11. The van der Waals surface area contributed by atoms with Gasteiger partial charge < -0.3 is 0 Å². The van der Waals surface area contributed by atoms with Crippen molar-refractivity contribution in [3.63, 3.8) is 0 Å². The molecule has 0 saturated carbocycles. The highest BCUT2D eigenvalue weighted by Gasteiger charge is 2.20. The van der Waals surface area contributed by atoms with Crippen LogP contribution in [0.2, 0.25) is 5.02 Å². The van der Waals surface area contributed by atoms with Gasteiger partial charge in [0.2, 0.25) is 9.84 Å². The van der Waals surface area contributed by atoms with Crippen LogP contribution in [-0.4, -0.2) is 19.3 Å². The average Bonchev–Trinajstić information content (AvgIpc) is 2.17. The van der Waals surface area contributed by atoms with Crippen molar-refractivity contribution in [1.82, 2.24) is 0 Å². The lowest BCUT2D eigenvalue weighted by molar-refractivity contribution is -0.384. The molecule has 0 fully saturated rings. The maximum Gasteiger partial charge on any atom is 0.289 e. The topological polar surface area (TPSA) is 77.3 Å². The number of alkyl halides is 1. The van der Waals surface area contributed by atoms with E-state index in [0.29, 0.717) is 0 Å². The third-order valence-electron chi connectivity index (χ3n) is 1.62. The van der Waals surface area contributed by atoms with Gasteiger partial charge >= 0.3 is 0 Å². The average molecular weight is 254 g/mol. The summed E-state index contributed by atoms with van der Waals surface area (Å²) in [5, 5.41) is 10.2. The fraction of sp³-hybridized carbons (Fsp3) is 0.143. The molecular weight excluding hydrogens is 249 g/mol. The van der Waals surface area contributed by atoms with E-state index in [0.717, 1.165) is 18.2 Å². The molecular formula is C7H5ClFNO4S. The van der Waals surface area contributed by atoms with Crippen LogP contribution in [0.5, 0.6) is 0 Å². The van der Waals surface area contributed by atoms with Gasteiger partial charge in [0.05, 0.1) is 9.82 Å². The molecule has 0 unspecified atom stereocenters. The SMILES string of the molecule is O=[N+]([O-])c1cc(S(=O)(=O)CF)ccc1Cl. The Hall–Kier alpha value is -1.21. The van der Waals surface area contributed by atoms with Crippen molar-refractivity contribution in [3.8, 4) is 0 Å². The first kappa shape index (κ1) is 11.9. The molecule has 5 nitrogen and oxygen atoms in total. The van der Waals surface area contributed by atoms with Crippen molar-refractivity contribution >= 4 is 27.1 Å². The molecule has 0 aliphatic rings. The molecule has 0 bridgehead atoms. The Morgan fingerprint density at radius 1 is 1.47 bits per heavy atom. The molecule has 0 aromatic heterocycles. The summed E-state index contributed by atoms with van der Waals surface area (Å²) >= 11 is 5.45. The third kappa shape index (κ3) is 2.42. The summed E-state index contributed by atoms with van der Waals surface area (Å²) < 4.78 is 34.2. The van der Waals surface area contributed by atoms with E-state index in [1.54, 1.807) is 0 Å². The van der Waals surface area contributed by atoms with Crippen molar-refractivity contribution in [2.75, 3.05) is 6.01 Å². The highest BCUT2D eigenvalue weighted by atomic mass is 35.5. The molecule has 0 spiro atoms. The molecule has 15 heavy (non-hydrogen) atoms. The number of nitro groups is 1. The molecule has 8 heteroatoms. The van der Waals surface area contributed by atoms with Crippen molar-refractivity contribution < 1.29 is 17.7 Å². The van der Waals surface area contributed by atoms with Crippen LogP contribution in [0, 0.1) is 10.1 Å². The number of nitro benzene ring substituents is 1. The standard InChI is InChI=1S/C7H5ClFNO4S/c8-6-2-1-5(15(13,14)4-9)3-7(6)10(11)12/h1-3H,4H2. The molecule has 0 aliphatic heterocycles. The minimum Gasteiger partial charge on any atom is -0.258 e. The van der Waals surface area contributed by atoms with E-state index in [1.165, 1.54) is 0 Å². The molecule has 0 saturated heterocycles. The number of benzene rings is 1. The largest absolute Gasteiger partial charge is 0.289 e. The minimum absolute atomic E-state index is 0.196. The molecule has 0 radical (unpaired) electrons. The Balaban J connectivity index is 3.38. The lowest BCUT2D eigenvalue weighted by Gasteiger charge is -2.00. The summed E-state index contributed by atoms with van der Waals surface area (Å²) in [6.07, 6.45) is 0. The molecule has 0 amide bonds. The maximum atomic E-state index is 12.1. The number of hydrogen-bond donors (Lipinski definition) is 0. The summed E-state index contributed by atoms with van der Waals surface area (Å²) in [4.78, 5) is 9.13. The zero-order valence-corrected chi connectivity index (χ0v) is 8.76. The van der Waals surface area contributed by atoms with E-state index < -0.39 is 31.4 Å². The quantitative estimate of drug-likeness (QED) is 0.609. The predicted octanol–water partition coefficient (Wildman–Crippen LogP) is 1.95. The summed E-state index contributed by atoms with van der Waals surface area (Å²) in [7, 11) is -4.10. The first-order valence-corrected chi connectivity index (χ1v) is 5.64. The Morgan fingerprint density at radius 3 is 2.53 bits per heavy atom. The second-order valence-electron chi connectivity index (χ2n) is 2.59. The number of nitrogens with zero attached hydrogens (tertiary/aromatic N) is 1. The molecule has 0 heterocycles. The number of halogens is 2. The van der Waals surface area contributed by atoms with Gasteiger partial charge in [-0.05, 0) is 12.1 Å². The van der Waals surface area contributed by atoms with Crippen molar-refractivity contribution in [3.05, 3.63) is 33.3 Å². The maximum absolute atomic E-state index is 12.1. The van der Waals surface area contributed by atoms with E-state index in [9.17, 15) is 22.9 Å². The summed E-state index contributed by atoms with van der Waals surface area (Å²) in [6, 6.07) is 1.19. The third-order valence-corrected chi connectivity index (χ3v) is 3.20. The predicted molar refractivity (Wildman–Crippen MR) is 51.3 cm³/mol. The van der Waals surface area contributed by atoms with Crippen molar-refractivity contribution in [2.45, 2.75) is 4.90 Å². The van der Waals surface area contributed by atoms with Crippen LogP contribution in [-0.2, 0) is 9.84 Å². The van der Waals surface area contributed by atoms with Gasteiger partial charge in [-0.15, -0.1) is 0 Å². The van der Waals surface area contributed by atoms with Crippen LogP contribution in [0.1, 0.15) is 0 Å². The highest BCUT2D eigenvalue weighted by molar-refractivity contribution is 7.91. The first-order chi connectivity index (χ1) is 6.88. The molecule has 1 aromatic carbocycles. The fourth-order valence-electron chi connectivity index (χ4n) is 0.889. The molecule has 0 N–H and O–H groups in total. The van der Waals surface area contributed by atoms with Gasteiger partial charge in [-0.2, -0.15) is 0 Å². The van der Waals surface area contributed by atoms with Gasteiger partial charge in [0, 0.05) is 6.07 Å². The van der Waals surface area contributed by atoms with Gasteiger partial charge in [-0.3, -0.25) is 10.1 Å². The van der Waals surface area contributed by atoms with Crippen LogP contribution in [0.3, 0.4) is 0 Å². The van der Waals surface area contributed by atoms with Gasteiger partial charge in [-0.25, -0.2) is 12.8 Å². The first-order valence-electron chi connectivity index (χ1n) is 3.61. The molecule has 1 rings (SSSR count). The van der Waals surface area contributed by atoms with E-state index in [-0.39, 0.29) is 5.02 Å². The molecule has 82 valence electrons. The van der Waals surface area contributed by atoms with Crippen LogP contribution in [0.25, 0.3) is 0 Å². The van der Waals surface area contributed by atoms with E-state index >= 15 is 0 Å². The van der Waals surface area contributed by atoms with Crippen LogP contribution >= 0.6 is 11.6 Å². The van der Waals surface area contributed by atoms with Crippen molar-refractivity contribution in [1.29, 1.82) is 0 Å². The van der Waals surface area contributed by atoms with Crippen LogP contribution in [0.15, 0.2) is 23.1 Å². The smallest absolute Gasteiger partial charge is 0.258 e. The zero-order chi connectivity index (χ0) is 11.6. The van der Waals surface area contributed by atoms with E-state index in [4.69, 9.17) is 11.6 Å². The summed E-state index contributed by atoms with van der Waals surface area (Å²) in [6.45, 7) is 0. The van der Waals surface area contributed by atoms with E-state index in [1.807, 2.05) is 0 Å². The normalized spacial score (nSPS) is 11.3. The van der Waals surface area contributed by atoms with Gasteiger partial charge in [0.1, 0.15) is 5.02 Å². The molecule has 1 aromatic rings. The Kier molecular flexibility index (Phi) is 3.25. The monoisotopic (exact) mass is 253 g/mol. The van der Waals surface area contributed by atoms with Crippen LogP contribution < -0.4 is 0 Å². The number of hydrogen-bond acceptors (Lipinski definition) is 4. The minimum atomic E-state index is -4.10. The molecule has 0 aliphatic carbocycles. The van der Waals surface area contributed by atoms with Gasteiger partial charge in [0.25, 0.3) is 5.69 Å². The second-order valence-corrected chi connectivity index (χ2v) is 4.92. The lowest BCUT2D eigenvalue weighted by atomic mass is 10.3. The Bertz CT molecular complexity index is 502. The van der Waals surface area contributed by atoms with Gasteiger partial charge in [0.15, 0.2) is 6.01 Å². The summed E-state index contributed by atoms with van der Waals surface area (Å²) in [5.41, 5.74) is -0.564.